The van der Waals surface area contributed by atoms with E-state index in [4.69, 9.17) is 0 Å². The third-order valence-electron chi connectivity index (χ3n) is 5.14. The molecule has 2 atom stereocenters. The van der Waals surface area contributed by atoms with Crippen LogP contribution in [0.1, 0.15) is 48.5 Å². The topological polar surface area (TPSA) is 75.3 Å². The third kappa shape index (κ3) is 4.89. The highest BCUT2D eigenvalue weighted by molar-refractivity contribution is 7.92. The Morgan fingerprint density at radius 3 is 2.44 bits per heavy atom. The van der Waals surface area contributed by atoms with Crippen LogP contribution in [0.25, 0.3) is 0 Å². The molecule has 27 heavy (non-hydrogen) atoms. The Kier molecular flexibility index (Phi) is 5.85. The van der Waals surface area contributed by atoms with Crippen molar-refractivity contribution in [2.24, 2.45) is 5.92 Å². The van der Waals surface area contributed by atoms with E-state index in [1.54, 1.807) is 48.5 Å². The quantitative estimate of drug-likeness (QED) is 0.812. The lowest BCUT2D eigenvalue weighted by Gasteiger charge is -2.29. The fourth-order valence-electron chi connectivity index (χ4n) is 3.44. The molecule has 1 amide bonds. The van der Waals surface area contributed by atoms with Crippen molar-refractivity contribution in [3.05, 3.63) is 59.7 Å². The van der Waals surface area contributed by atoms with Crippen LogP contribution in [-0.4, -0.2) is 20.4 Å². The van der Waals surface area contributed by atoms with E-state index in [2.05, 4.69) is 17.0 Å². The number of aryl methyl sites for hydroxylation is 1. The van der Waals surface area contributed by atoms with Crippen molar-refractivity contribution < 1.29 is 13.2 Å². The number of benzene rings is 2. The number of hydrogen-bond donors (Lipinski definition) is 2. The SMILES string of the molecule is Cc1ccc(S(=O)(=O)Nc2cccc(C(=O)N[C@@H]3CCCC[C@@H]3C)c2)cc1. The van der Waals surface area contributed by atoms with Gasteiger partial charge in [0, 0.05) is 17.3 Å². The first-order chi connectivity index (χ1) is 12.8. The van der Waals surface area contributed by atoms with Gasteiger partial charge in [0.2, 0.25) is 0 Å². The smallest absolute Gasteiger partial charge is 0.261 e. The average Bonchev–Trinajstić information content (AvgIpc) is 2.64. The minimum atomic E-state index is -3.69. The summed E-state index contributed by atoms with van der Waals surface area (Å²) < 4.78 is 27.6. The van der Waals surface area contributed by atoms with Gasteiger partial charge < -0.3 is 5.32 Å². The molecule has 1 fully saturated rings. The van der Waals surface area contributed by atoms with Gasteiger partial charge in [0.05, 0.1) is 4.90 Å². The standard InChI is InChI=1S/C21H26N2O3S/c1-15-10-12-19(13-11-15)27(25,26)23-18-8-5-7-17(14-18)21(24)22-20-9-4-3-6-16(20)2/h5,7-8,10-14,16,20,23H,3-4,6,9H2,1-2H3,(H,22,24)/t16-,20+/m0/s1. The molecule has 0 aromatic heterocycles. The van der Waals surface area contributed by atoms with E-state index >= 15 is 0 Å². The second-order valence-electron chi connectivity index (χ2n) is 7.34. The molecular formula is C21H26N2O3S. The van der Waals surface area contributed by atoms with Crippen molar-refractivity contribution in [1.82, 2.24) is 5.32 Å². The monoisotopic (exact) mass is 386 g/mol. The largest absolute Gasteiger partial charge is 0.349 e. The molecule has 2 N–H and O–H groups in total. The zero-order valence-corrected chi connectivity index (χ0v) is 16.6. The van der Waals surface area contributed by atoms with Crippen molar-refractivity contribution in [2.75, 3.05) is 4.72 Å². The van der Waals surface area contributed by atoms with E-state index in [-0.39, 0.29) is 16.8 Å². The maximum Gasteiger partial charge on any atom is 0.261 e. The summed E-state index contributed by atoms with van der Waals surface area (Å²) in [6.45, 7) is 4.06. The van der Waals surface area contributed by atoms with E-state index in [9.17, 15) is 13.2 Å². The normalized spacial score (nSPS) is 20.1. The Morgan fingerprint density at radius 1 is 1.04 bits per heavy atom. The van der Waals surface area contributed by atoms with Gasteiger partial charge in [0.15, 0.2) is 0 Å². The number of anilines is 1. The van der Waals surface area contributed by atoms with Crippen LogP contribution in [0.4, 0.5) is 5.69 Å². The Labute approximate surface area is 161 Å². The first-order valence-electron chi connectivity index (χ1n) is 9.35. The number of rotatable bonds is 5. The van der Waals surface area contributed by atoms with Gasteiger partial charge >= 0.3 is 0 Å². The molecule has 5 nitrogen and oxygen atoms in total. The first kappa shape index (κ1) is 19.4. The molecule has 0 spiro atoms. The number of sulfonamides is 1. The van der Waals surface area contributed by atoms with Crippen molar-refractivity contribution in [1.29, 1.82) is 0 Å². The number of carbonyl (C=O) groups is 1. The summed E-state index contributed by atoms with van der Waals surface area (Å²) in [7, 11) is -3.69. The second kappa shape index (κ2) is 8.13. The van der Waals surface area contributed by atoms with Crippen LogP contribution in [0, 0.1) is 12.8 Å². The number of amides is 1. The lowest BCUT2D eigenvalue weighted by atomic mass is 9.86. The van der Waals surface area contributed by atoms with Crippen molar-refractivity contribution in [3.8, 4) is 0 Å². The molecule has 1 aliphatic rings. The molecule has 0 heterocycles. The van der Waals surface area contributed by atoms with Gasteiger partial charge in [-0.25, -0.2) is 8.42 Å². The third-order valence-corrected chi connectivity index (χ3v) is 6.53. The number of carbonyl (C=O) groups excluding carboxylic acids is 1. The molecule has 0 aliphatic heterocycles. The van der Waals surface area contributed by atoms with Crippen LogP contribution in [0.5, 0.6) is 0 Å². The van der Waals surface area contributed by atoms with Crippen LogP contribution in [0.2, 0.25) is 0 Å². The Balaban J connectivity index is 1.73. The predicted molar refractivity (Wildman–Crippen MR) is 107 cm³/mol. The summed E-state index contributed by atoms with van der Waals surface area (Å²) in [5.74, 6) is 0.302. The molecule has 1 saturated carbocycles. The zero-order chi connectivity index (χ0) is 19.4. The lowest BCUT2D eigenvalue weighted by Crippen LogP contribution is -2.41. The molecule has 0 saturated heterocycles. The Morgan fingerprint density at radius 2 is 1.74 bits per heavy atom. The second-order valence-corrected chi connectivity index (χ2v) is 9.02. The minimum Gasteiger partial charge on any atom is -0.349 e. The molecule has 0 bridgehead atoms. The fraction of sp³-hybridized carbons (Fsp3) is 0.381. The van der Waals surface area contributed by atoms with Crippen LogP contribution < -0.4 is 10.0 Å². The van der Waals surface area contributed by atoms with Crippen molar-refractivity contribution in [2.45, 2.75) is 50.5 Å². The van der Waals surface area contributed by atoms with Gasteiger partial charge in [0.25, 0.3) is 15.9 Å². The minimum absolute atomic E-state index is 0.162. The first-order valence-corrected chi connectivity index (χ1v) is 10.8. The average molecular weight is 387 g/mol. The summed E-state index contributed by atoms with van der Waals surface area (Å²) in [5.41, 5.74) is 1.82. The van der Waals surface area contributed by atoms with E-state index in [0.29, 0.717) is 17.2 Å². The molecular weight excluding hydrogens is 360 g/mol. The molecule has 0 unspecified atom stereocenters. The van der Waals surface area contributed by atoms with Gasteiger partial charge in [-0.2, -0.15) is 0 Å². The zero-order valence-electron chi connectivity index (χ0n) is 15.7. The molecule has 144 valence electrons. The van der Waals surface area contributed by atoms with Crippen molar-refractivity contribution in [3.63, 3.8) is 0 Å². The van der Waals surface area contributed by atoms with Gasteiger partial charge in [-0.15, -0.1) is 0 Å². The highest BCUT2D eigenvalue weighted by atomic mass is 32.2. The van der Waals surface area contributed by atoms with Crippen LogP contribution in [0.15, 0.2) is 53.4 Å². The maximum absolute atomic E-state index is 12.6. The molecule has 6 heteroatoms. The summed E-state index contributed by atoms with van der Waals surface area (Å²) in [4.78, 5) is 12.8. The van der Waals surface area contributed by atoms with Gasteiger partial charge in [-0.05, 0) is 56.0 Å². The fourth-order valence-corrected chi connectivity index (χ4v) is 4.49. The molecule has 2 aromatic rings. The van der Waals surface area contributed by atoms with Gasteiger partial charge in [-0.3, -0.25) is 9.52 Å². The van der Waals surface area contributed by atoms with Gasteiger partial charge in [-0.1, -0.05) is 43.5 Å². The predicted octanol–water partition coefficient (Wildman–Crippen LogP) is 4.10. The summed E-state index contributed by atoms with van der Waals surface area (Å²) in [6.07, 6.45) is 4.46. The van der Waals surface area contributed by atoms with E-state index in [1.165, 1.54) is 6.42 Å². The van der Waals surface area contributed by atoms with E-state index in [0.717, 1.165) is 24.8 Å². The van der Waals surface area contributed by atoms with Crippen molar-refractivity contribution >= 4 is 21.6 Å². The van der Waals surface area contributed by atoms with Crippen LogP contribution in [-0.2, 0) is 10.0 Å². The maximum atomic E-state index is 12.6. The summed E-state index contributed by atoms with van der Waals surface area (Å²) in [5, 5.41) is 3.10. The molecule has 0 radical (unpaired) electrons. The van der Waals surface area contributed by atoms with E-state index < -0.39 is 10.0 Å². The van der Waals surface area contributed by atoms with Crippen LogP contribution in [0.3, 0.4) is 0 Å². The Bertz CT molecular complexity index is 907. The highest BCUT2D eigenvalue weighted by Crippen LogP contribution is 2.24. The van der Waals surface area contributed by atoms with Crippen LogP contribution >= 0.6 is 0 Å². The summed E-state index contributed by atoms with van der Waals surface area (Å²) >= 11 is 0. The lowest BCUT2D eigenvalue weighted by molar-refractivity contribution is 0.0910. The summed E-state index contributed by atoms with van der Waals surface area (Å²) in [6, 6.07) is 13.4. The number of nitrogens with one attached hydrogen (secondary N) is 2. The molecule has 2 aromatic carbocycles. The Hall–Kier alpha value is -2.34. The van der Waals surface area contributed by atoms with E-state index in [1.807, 2.05) is 6.92 Å². The number of hydrogen-bond acceptors (Lipinski definition) is 3. The highest BCUT2D eigenvalue weighted by Gasteiger charge is 2.23. The molecule has 1 aliphatic carbocycles. The molecule has 3 rings (SSSR count). The van der Waals surface area contributed by atoms with Gasteiger partial charge in [0.1, 0.15) is 0 Å².